The Morgan fingerprint density at radius 1 is 0.375 bits per heavy atom. The van der Waals surface area contributed by atoms with Crippen molar-refractivity contribution in [1.82, 2.24) is 0 Å². The van der Waals surface area contributed by atoms with Crippen LogP contribution in [-0.2, 0) is 0 Å². The number of carbonyl (C=O) groups is 1. The van der Waals surface area contributed by atoms with E-state index in [-0.39, 0.29) is 0 Å². The molecule has 0 aliphatic heterocycles. The maximum atomic E-state index is 12.4. The molecule has 0 aromatic heterocycles. The molecule has 0 aliphatic rings. The molecule has 0 unspecified atom stereocenters. The fourth-order valence-corrected chi connectivity index (χ4v) is 5.36. The first-order valence-corrected chi connectivity index (χ1v) is 13.1. The van der Waals surface area contributed by atoms with Gasteiger partial charge in [0.15, 0.2) is 5.75 Å². The molecule has 0 atom stereocenters. The van der Waals surface area contributed by atoms with Crippen LogP contribution in [0.1, 0.15) is 0 Å². The van der Waals surface area contributed by atoms with E-state index in [0.29, 0.717) is 5.75 Å². The monoisotopic (exact) mass is 518 g/mol. The first kappa shape index (κ1) is 24.9. The van der Waals surface area contributed by atoms with Gasteiger partial charge in [0, 0.05) is 22.3 Å². The first-order chi connectivity index (χ1) is 19.7. The van der Waals surface area contributed by atoms with Crippen LogP contribution in [0.5, 0.6) is 5.75 Å². The first-order valence-electron chi connectivity index (χ1n) is 13.1. The van der Waals surface area contributed by atoms with E-state index in [2.05, 4.69) is 36.4 Å². The number of carboxylic acid groups (broad SMARTS) is 1. The molecule has 0 saturated heterocycles. The highest BCUT2D eigenvalue weighted by Gasteiger charge is 2.30. The van der Waals surface area contributed by atoms with Gasteiger partial charge >= 0.3 is 6.16 Å². The maximum Gasteiger partial charge on any atom is 0.511 e. The standard InChI is InChI=1S/C37H26O3/c38-37(39)40-36-34(29-22-12-4-13-23-29)32(27-18-8-2-9-19-27)31(26-16-6-1-7-17-26)33(28-20-10-3-11-21-28)35(36)30-24-14-5-15-25-30/h1-25H,(H,38,39). The number of rotatable bonds is 6. The van der Waals surface area contributed by atoms with Gasteiger partial charge in [-0.15, -0.1) is 0 Å². The molecular formula is C37H26O3. The Labute approximate surface area is 233 Å². The van der Waals surface area contributed by atoms with Crippen LogP contribution < -0.4 is 4.74 Å². The molecule has 0 radical (unpaired) electrons. The van der Waals surface area contributed by atoms with Crippen LogP contribution in [-0.4, -0.2) is 11.3 Å². The second-order valence-electron chi connectivity index (χ2n) is 9.40. The molecule has 0 aliphatic carbocycles. The summed E-state index contributed by atoms with van der Waals surface area (Å²) in [4.78, 5) is 12.4. The Balaban J connectivity index is 1.93. The number of benzene rings is 6. The van der Waals surface area contributed by atoms with Crippen molar-refractivity contribution in [3.05, 3.63) is 152 Å². The molecule has 192 valence electrons. The SMILES string of the molecule is O=C(O)Oc1c(-c2ccccc2)c(-c2ccccc2)c(-c2ccccc2)c(-c2ccccc2)c1-c1ccccc1. The summed E-state index contributed by atoms with van der Waals surface area (Å²) in [6.45, 7) is 0. The second kappa shape index (κ2) is 11.1. The molecule has 6 aromatic carbocycles. The molecule has 0 amide bonds. The van der Waals surface area contributed by atoms with Gasteiger partial charge in [-0.05, 0) is 33.4 Å². The lowest BCUT2D eigenvalue weighted by atomic mass is 9.78. The quantitative estimate of drug-likeness (QED) is 0.176. The van der Waals surface area contributed by atoms with Gasteiger partial charge in [0.05, 0.1) is 0 Å². The zero-order valence-electron chi connectivity index (χ0n) is 21.7. The molecule has 3 nitrogen and oxygen atoms in total. The van der Waals surface area contributed by atoms with Crippen molar-refractivity contribution in [3.8, 4) is 61.4 Å². The Kier molecular flexibility index (Phi) is 6.93. The van der Waals surface area contributed by atoms with Crippen LogP contribution >= 0.6 is 0 Å². The lowest BCUT2D eigenvalue weighted by Gasteiger charge is -2.27. The van der Waals surface area contributed by atoms with Gasteiger partial charge in [0.2, 0.25) is 0 Å². The van der Waals surface area contributed by atoms with E-state index in [1.54, 1.807) is 0 Å². The van der Waals surface area contributed by atoms with Gasteiger partial charge in [-0.25, -0.2) is 4.79 Å². The maximum absolute atomic E-state index is 12.4. The van der Waals surface area contributed by atoms with Crippen LogP contribution in [0, 0.1) is 0 Å². The fourth-order valence-electron chi connectivity index (χ4n) is 5.36. The highest BCUT2D eigenvalue weighted by Crippen LogP contribution is 2.55. The molecule has 0 bridgehead atoms. The van der Waals surface area contributed by atoms with Crippen LogP contribution in [0.3, 0.4) is 0 Å². The van der Waals surface area contributed by atoms with Crippen molar-refractivity contribution in [3.63, 3.8) is 0 Å². The predicted molar refractivity (Wildman–Crippen MR) is 162 cm³/mol. The van der Waals surface area contributed by atoms with Crippen LogP contribution in [0.15, 0.2) is 152 Å². The fraction of sp³-hybridized carbons (Fsp3) is 0. The van der Waals surface area contributed by atoms with E-state index < -0.39 is 6.16 Å². The average Bonchev–Trinajstić information content (AvgIpc) is 3.02. The molecule has 0 saturated carbocycles. The Morgan fingerprint density at radius 2 is 0.600 bits per heavy atom. The molecule has 0 spiro atoms. The molecule has 3 heteroatoms. The van der Waals surface area contributed by atoms with Gasteiger partial charge in [0.1, 0.15) is 0 Å². The van der Waals surface area contributed by atoms with E-state index in [4.69, 9.17) is 4.74 Å². The normalized spacial score (nSPS) is 10.7. The summed E-state index contributed by atoms with van der Waals surface area (Å²) in [7, 11) is 0. The second-order valence-corrected chi connectivity index (χ2v) is 9.40. The van der Waals surface area contributed by atoms with Crippen LogP contribution in [0.2, 0.25) is 0 Å². The molecular weight excluding hydrogens is 492 g/mol. The Hall–Kier alpha value is -5.41. The summed E-state index contributed by atoms with van der Waals surface area (Å²) in [5.74, 6) is 0.308. The number of ether oxygens (including phenoxy) is 1. The third kappa shape index (κ3) is 4.77. The van der Waals surface area contributed by atoms with E-state index in [1.807, 2.05) is 115 Å². The zero-order chi connectivity index (χ0) is 27.3. The van der Waals surface area contributed by atoms with Gasteiger partial charge in [-0.1, -0.05) is 152 Å². The minimum absolute atomic E-state index is 0.308. The molecule has 6 aromatic rings. The average molecular weight is 519 g/mol. The third-order valence-corrected chi connectivity index (χ3v) is 6.96. The Morgan fingerprint density at radius 3 is 0.850 bits per heavy atom. The summed E-state index contributed by atoms with van der Waals surface area (Å²) in [5, 5.41) is 10.1. The van der Waals surface area contributed by atoms with Gasteiger partial charge in [0.25, 0.3) is 0 Å². The van der Waals surface area contributed by atoms with Crippen molar-refractivity contribution in [1.29, 1.82) is 0 Å². The highest BCUT2D eigenvalue weighted by atomic mass is 16.7. The van der Waals surface area contributed by atoms with Crippen molar-refractivity contribution in [2.45, 2.75) is 0 Å². The summed E-state index contributed by atoms with van der Waals surface area (Å²) in [6.07, 6.45) is -1.36. The highest BCUT2D eigenvalue weighted by molar-refractivity contribution is 6.11. The van der Waals surface area contributed by atoms with Crippen molar-refractivity contribution < 1.29 is 14.6 Å². The van der Waals surface area contributed by atoms with E-state index in [0.717, 1.165) is 55.6 Å². The topological polar surface area (TPSA) is 46.5 Å². The third-order valence-electron chi connectivity index (χ3n) is 6.96. The minimum atomic E-state index is -1.36. The minimum Gasteiger partial charge on any atom is -0.449 e. The lowest BCUT2D eigenvalue weighted by molar-refractivity contribution is 0.145. The summed E-state index contributed by atoms with van der Waals surface area (Å²) < 4.78 is 5.82. The van der Waals surface area contributed by atoms with Crippen molar-refractivity contribution in [2.24, 2.45) is 0 Å². The van der Waals surface area contributed by atoms with E-state index >= 15 is 0 Å². The van der Waals surface area contributed by atoms with E-state index in [1.165, 1.54) is 0 Å². The van der Waals surface area contributed by atoms with Crippen LogP contribution in [0.4, 0.5) is 4.79 Å². The summed E-state index contributed by atoms with van der Waals surface area (Å²) in [6, 6.07) is 50.3. The molecule has 40 heavy (non-hydrogen) atoms. The molecule has 6 rings (SSSR count). The molecule has 0 fully saturated rings. The predicted octanol–water partition coefficient (Wildman–Crippen LogP) is 10.1. The largest absolute Gasteiger partial charge is 0.511 e. The van der Waals surface area contributed by atoms with Gasteiger partial charge in [-0.3, -0.25) is 0 Å². The lowest BCUT2D eigenvalue weighted by Crippen LogP contribution is -2.09. The van der Waals surface area contributed by atoms with Gasteiger partial charge in [-0.2, -0.15) is 0 Å². The number of hydrogen-bond donors (Lipinski definition) is 1. The van der Waals surface area contributed by atoms with Gasteiger partial charge < -0.3 is 9.84 Å². The zero-order valence-corrected chi connectivity index (χ0v) is 21.7. The number of hydrogen-bond acceptors (Lipinski definition) is 2. The van der Waals surface area contributed by atoms with Crippen molar-refractivity contribution >= 4 is 6.16 Å². The summed E-state index contributed by atoms with van der Waals surface area (Å²) in [5.41, 5.74) is 8.97. The molecule has 0 heterocycles. The smallest absolute Gasteiger partial charge is 0.449 e. The summed E-state index contributed by atoms with van der Waals surface area (Å²) >= 11 is 0. The van der Waals surface area contributed by atoms with Crippen LogP contribution in [0.25, 0.3) is 55.6 Å². The molecule has 1 N–H and O–H groups in total. The van der Waals surface area contributed by atoms with Crippen molar-refractivity contribution in [2.75, 3.05) is 0 Å². The Bertz CT molecular complexity index is 1640. The van der Waals surface area contributed by atoms with E-state index in [9.17, 15) is 9.90 Å².